The third-order valence-corrected chi connectivity index (χ3v) is 3.98. The summed E-state index contributed by atoms with van der Waals surface area (Å²) in [5.74, 6) is 0.765. The van der Waals surface area contributed by atoms with Crippen LogP contribution in [0.1, 0.15) is 57.7 Å². The molecule has 3 heteroatoms. The van der Waals surface area contributed by atoms with Crippen LogP contribution in [0.2, 0.25) is 0 Å². The Balaban J connectivity index is 1.82. The van der Waals surface area contributed by atoms with Gasteiger partial charge in [-0.15, -0.1) is 0 Å². The van der Waals surface area contributed by atoms with Crippen LogP contribution in [-0.4, -0.2) is 21.0 Å². The molecule has 0 aromatic carbocycles. The molecule has 0 saturated heterocycles. The first-order valence-electron chi connectivity index (χ1n) is 6.91. The van der Waals surface area contributed by atoms with Crippen LogP contribution in [0.4, 0.5) is 0 Å². The molecule has 0 spiro atoms. The molecule has 0 amide bonds. The minimum atomic E-state index is -0.208. The summed E-state index contributed by atoms with van der Waals surface area (Å²) in [6.45, 7) is 4.33. The van der Waals surface area contributed by atoms with E-state index in [-0.39, 0.29) is 6.10 Å². The Morgan fingerprint density at radius 2 is 2.29 bits per heavy atom. The Morgan fingerprint density at radius 1 is 1.53 bits per heavy atom. The van der Waals surface area contributed by atoms with E-state index in [0.29, 0.717) is 12.5 Å². The average molecular weight is 236 g/mol. The summed E-state index contributed by atoms with van der Waals surface area (Å²) in [6.07, 6.45) is 8.53. The maximum absolute atomic E-state index is 9.99. The van der Waals surface area contributed by atoms with E-state index in [0.717, 1.165) is 24.5 Å². The summed E-state index contributed by atoms with van der Waals surface area (Å²) in [4.78, 5) is 0. The van der Waals surface area contributed by atoms with E-state index in [4.69, 9.17) is 0 Å². The molecule has 1 fully saturated rings. The van der Waals surface area contributed by atoms with Gasteiger partial charge in [-0.05, 0) is 31.7 Å². The largest absolute Gasteiger partial charge is 0.393 e. The molecule has 1 aliphatic carbocycles. The van der Waals surface area contributed by atoms with Gasteiger partial charge in [0.15, 0.2) is 0 Å². The molecule has 0 radical (unpaired) electrons. The fraction of sp³-hybridized carbons (Fsp3) is 0.786. The highest BCUT2D eigenvalue weighted by Crippen LogP contribution is 2.30. The summed E-state index contributed by atoms with van der Waals surface area (Å²) < 4.78 is 2.01. The second kappa shape index (κ2) is 5.67. The van der Waals surface area contributed by atoms with Gasteiger partial charge >= 0.3 is 0 Å². The van der Waals surface area contributed by atoms with E-state index in [1.807, 2.05) is 16.9 Å². The molecule has 2 atom stereocenters. The van der Waals surface area contributed by atoms with Gasteiger partial charge in [-0.2, -0.15) is 5.10 Å². The minimum Gasteiger partial charge on any atom is -0.393 e. The second-order valence-electron chi connectivity index (χ2n) is 5.43. The summed E-state index contributed by atoms with van der Waals surface area (Å²) >= 11 is 0. The van der Waals surface area contributed by atoms with Crippen molar-refractivity contribution in [1.82, 2.24) is 9.78 Å². The number of hydrogen-bond donors (Lipinski definition) is 1. The van der Waals surface area contributed by atoms with Gasteiger partial charge in [0.25, 0.3) is 0 Å². The minimum absolute atomic E-state index is 0.208. The van der Waals surface area contributed by atoms with Crippen molar-refractivity contribution < 1.29 is 5.11 Å². The molecule has 1 aliphatic rings. The molecule has 1 N–H and O–H groups in total. The van der Waals surface area contributed by atoms with Gasteiger partial charge in [0.1, 0.15) is 0 Å². The molecule has 1 aromatic rings. The molecule has 1 saturated carbocycles. The molecule has 2 unspecified atom stereocenters. The molecule has 0 bridgehead atoms. The normalized spacial score (nSPS) is 19.9. The lowest BCUT2D eigenvalue weighted by molar-refractivity contribution is 0.116. The average Bonchev–Trinajstić information content (AvgIpc) is 2.71. The quantitative estimate of drug-likeness (QED) is 0.824. The van der Waals surface area contributed by atoms with Crippen LogP contribution in [0.25, 0.3) is 0 Å². The van der Waals surface area contributed by atoms with Crippen molar-refractivity contribution in [2.75, 3.05) is 0 Å². The fourth-order valence-corrected chi connectivity index (χ4v) is 2.36. The first-order valence-corrected chi connectivity index (χ1v) is 6.91. The standard InChI is InChI=1S/C14H24N2O/c1-3-11(2)16-8-7-13(15-16)10-14(17)9-12-5-4-6-12/h7-8,11-12,14,17H,3-6,9-10H2,1-2H3. The van der Waals surface area contributed by atoms with E-state index in [1.54, 1.807) is 0 Å². The smallest absolute Gasteiger partial charge is 0.0650 e. The molecule has 17 heavy (non-hydrogen) atoms. The Hall–Kier alpha value is -0.830. The second-order valence-corrected chi connectivity index (χ2v) is 5.43. The van der Waals surface area contributed by atoms with E-state index in [2.05, 4.69) is 18.9 Å². The number of aromatic nitrogens is 2. The highest BCUT2D eigenvalue weighted by molar-refractivity contribution is 5.01. The van der Waals surface area contributed by atoms with Gasteiger partial charge in [-0.3, -0.25) is 4.68 Å². The van der Waals surface area contributed by atoms with E-state index in [1.165, 1.54) is 19.3 Å². The number of aliphatic hydroxyl groups excluding tert-OH is 1. The van der Waals surface area contributed by atoms with Gasteiger partial charge in [0.05, 0.1) is 11.8 Å². The number of nitrogens with zero attached hydrogens (tertiary/aromatic N) is 2. The lowest BCUT2D eigenvalue weighted by Gasteiger charge is -2.27. The molecular formula is C14H24N2O. The Morgan fingerprint density at radius 3 is 2.88 bits per heavy atom. The SMILES string of the molecule is CCC(C)n1ccc(CC(O)CC2CCC2)n1. The first kappa shape index (κ1) is 12.6. The molecule has 3 nitrogen and oxygen atoms in total. The highest BCUT2D eigenvalue weighted by Gasteiger charge is 2.21. The predicted molar refractivity (Wildman–Crippen MR) is 68.9 cm³/mol. The monoisotopic (exact) mass is 236 g/mol. The lowest BCUT2D eigenvalue weighted by atomic mass is 9.81. The molecule has 0 aliphatic heterocycles. The highest BCUT2D eigenvalue weighted by atomic mass is 16.3. The van der Waals surface area contributed by atoms with Crippen LogP contribution >= 0.6 is 0 Å². The molecule has 1 heterocycles. The van der Waals surface area contributed by atoms with Gasteiger partial charge in [0, 0.05) is 18.7 Å². The third kappa shape index (κ3) is 3.32. The van der Waals surface area contributed by atoms with Crippen LogP contribution in [0.15, 0.2) is 12.3 Å². The van der Waals surface area contributed by atoms with Gasteiger partial charge in [-0.1, -0.05) is 26.2 Å². The Bertz CT molecular complexity index is 344. The van der Waals surface area contributed by atoms with Crippen LogP contribution in [0.5, 0.6) is 0 Å². The van der Waals surface area contributed by atoms with Crippen LogP contribution in [-0.2, 0) is 6.42 Å². The van der Waals surface area contributed by atoms with Crippen molar-refractivity contribution in [3.8, 4) is 0 Å². The fourth-order valence-electron chi connectivity index (χ4n) is 2.36. The van der Waals surface area contributed by atoms with Gasteiger partial charge in [-0.25, -0.2) is 0 Å². The van der Waals surface area contributed by atoms with Crippen molar-refractivity contribution in [3.63, 3.8) is 0 Å². The zero-order valence-corrected chi connectivity index (χ0v) is 11.0. The number of rotatable bonds is 6. The zero-order valence-electron chi connectivity index (χ0n) is 11.0. The topological polar surface area (TPSA) is 38.0 Å². The maximum atomic E-state index is 9.99. The van der Waals surface area contributed by atoms with E-state index < -0.39 is 0 Å². The van der Waals surface area contributed by atoms with Crippen molar-refractivity contribution in [3.05, 3.63) is 18.0 Å². The van der Waals surface area contributed by atoms with Crippen molar-refractivity contribution in [2.24, 2.45) is 5.92 Å². The summed E-state index contributed by atoms with van der Waals surface area (Å²) in [7, 11) is 0. The zero-order chi connectivity index (χ0) is 12.3. The maximum Gasteiger partial charge on any atom is 0.0650 e. The van der Waals surface area contributed by atoms with Crippen molar-refractivity contribution >= 4 is 0 Å². The van der Waals surface area contributed by atoms with Crippen molar-refractivity contribution in [1.29, 1.82) is 0 Å². The molecule has 96 valence electrons. The molecule has 2 rings (SSSR count). The Labute approximate surface area is 104 Å². The first-order chi connectivity index (χ1) is 8.19. The van der Waals surface area contributed by atoms with Crippen LogP contribution < -0.4 is 0 Å². The number of aliphatic hydroxyl groups is 1. The third-order valence-electron chi connectivity index (χ3n) is 3.98. The van der Waals surface area contributed by atoms with Gasteiger partial charge < -0.3 is 5.11 Å². The van der Waals surface area contributed by atoms with Crippen LogP contribution in [0, 0.1) is 5.92 Å². The lowest BCUT2D eigenvalue weighted by Crippen LogP contribution is -2.21. The van der Waals surface area contributed by atoms with Crippen LogP contribution in [0.3, 0.4) is 0 Å². The van der Waals surface area contributed by atoms with Crippen molar-refractivity contribution in [2.45, 2.75) is 64.5 Å². The van der Waals surface area contributed by atoms with E-state index in [9.17, 15) is 5.11 Å². The Kier molecular flexibility index (Phi) is 4.21. The summed E-state index contributed by atoms with van der Waals surface area (Å²) in [5, 5.41) is 14.5. The van der Waals surface area contributed by atoms with E-state index >= 15 is 0 Å². The summed E-state index contributed by atoms with van der Waals surface area (Å²) in [5.41, 5.74) is 1.03. The molecular weight excluding hydrogens is 212 g/mol. The summed E-state index contributed by atoms with van der Waals surface area (Å²) in [6, 6.07) is 2.49. The number of hydrogen-bond acceptors (Lipinski definition) is 2. The van der Waals surface area contributed by atoms with Gasteiger partial charge in [0.2, 0.25) is 0 Å². The predicted octanol–water partition coefficient (Wildman–Crippen LogP) is 2.95. The molecule has 1 aromatic heterocycles.